The molecule has 0 N–H and O–H groups in total. The Morgan fingerprint density at radius 3 is 2.44 bits per heavy atom. The number of ketones is 1. The maximum absolute atomic E-state index is 13.1. The Bertz CT molecular complexity index is 971. The fraction of sp³-hybridized carbons (Fsp3) is 0.200. The van der Waals surface area contributed by atoms with Crippen LogP contribution in [0.15, 0.2) is 42.6 Å². The summed E-state index contributed by atoms with van der Waals surface area (Å²) in [5.41, 5.74) is 3.54. The molecule has 0 atom stereocenters. The number of aryl methyl sites for hydroxylation is 2. The van der Waals surface area contributed by atoms with Gasteiger partial charge in [-0.2, -0.15) is 0 Å². The Hall–Kier alpha value is -2.95. The number of benzene rings is 1. The first kappa shape index (κ1) is 16.9. The molecule has 0 unspecified atom stereocenters. The molecule has 3 rings (SSSR count). The normalized spacial score (nSPS) is 10.9. The Balaban J connectivity index is 2.22. The third kappa shape index (κ3) is 3.05. The highest BCUT2D eigenvalue weighted by atomic mass is 19.1. The molecule has 0 saturated heterocycles. The molecule has 128 valence electrons. The Labute approximate surface area is 144 Å². The number of ether oxygens (including phenoxy) is 1. The average molecular weight is 339 g/mol. The second-order valence-electron chi connectivity index (χ2n) is 5.92. The topological polar surface area (TPSA) is 47.8 Å². The number of carbonyl (C=O) groups is 2. The van der Waals surface area contributed by atoms with Crippen LogP contribution in [-0.2, 0) is 4.74 Å². The van der Waals surface area contributed by atoms with Gasteiger partial charge in [-0.25, -0.2) is 9.18 Å². The number of esters is 1. The van der Waals surface area contributed by atoms with Crippen LogP contribution in [0.4, 0.5) is 4.39 Å². The Kier molecular flexibility index (Phi) is 4.40. The van der Waals surface area contributed by atoms with Crippen molar-refractivity contribution in [1.29, 1.82) is 0 Å². The van der Waals surface area contributed by atoms with Crippen LogP contribution < -0.4 is 0 Å². The molecule has 0 spiro atoms. The van der Waals surface area contributed by atoms with Crippen LogP contribution in [-0.4, -0.2) is 22.8 Å². The van der Waals surface area contributed by atoms with Crippen molar-refractivity contribution < 1.29 is 18.7 Å². The second-order valence-corrected chi connectivity index (χ2v) is 5.92. The molecule has 0 aliphatic carbocycles. The maximum atomic E-state index is 13.1. The number of pyridine rings is 1. The van der Waals surface area contributed by atoms with Gasteiger partial charge in [-0.3, -0.25) is 4.79 Å². The van der Waals surface area contributed by atoms with E-state index in [0.717, 1.165) is 11.1 Å². The molecule has 2 aromatic heterocycles. The third-order valence-corrected chi connectivity index (χ3v) is 4.02. The molecular formula is C20H18FNO3. The van der Waals surface area contributed by atoms with E-state index in [4.69, 9.17) is 4.74 Å². The van der Waals surface area contributed by atoms with E-state index in [9.17, 15) is 14.0 Å². The summed E-state index contributed by atoms with van der Waals surface area (Å²) >= 11 is 0. The molecule has 3 aromatic rings. The predicted octanol–water partition coefficient (Wildman–Crippen LogP) is 4.10. The minimum atomic E-state index is -0.467. The van der Waals surface area contributed by atoms with Crippen LogP contribution in [0, 0.1) is 19.7 Å². The zero-order chi connectivity index (χ0) is 18.1. The summed E-state index contributed by atoms with van der Waals surface area (Å²) < 4.78 is 20.0. The molecular weight excluding hydrogens is 321 g/mol. The number of carbonyl (C=O) groups excluding carboxylic acids is 2. The first-order valence-corrected chi connectivity index (χ1v) is 8.02. The molecule has 25 heavy (non-hydrogen) atoms. The number of fused-ring (bicyclic) bond motifs is 1. The quantitative estimate of drug-likeness (QED) is 0.531. The van der Waals surface area contributed by atoms with Crippen LogP contribution in [0.2, 0.25) is 0 Å². The molecule has 0 amide bonds. The van der Waals surface area contributed by atoms with Gasteiger partial charge in [0.15, 0.2) is 0 Å². The zero-order valence-electron chi connectivity index (χ0n) is 14.3. The number of nitrogens with zero attached hydrogens (tertiary/aromatic N) is 1. The number of hydrogen-bond donors (Lipinski definition) is 0. The molecule has 5 heteroatoms. The van der Waals surface area contributed by atoms with Crippen LogP contribution >= 0.6 is 0 Å². The Morgan fingerprint density at radius 2 is 1.80 bits per heavy atom. The van der Waals surface area contributed by atoms with Gasteiger partial charge in [0.2, 0.25) is 5.78 Å². The van der Waals surface area contributed by atoms with Gasteiger partial charge in [-0.15, -0.1) is 0 Å². The zero-order valence-corrected chi connectivity index (χ0v) is 14.3. The third-order valence-electron chi connectivity index (χ3n) is 4.02. The van der Waals surface area contributed by atoms with Crippen molar-refractivity contribution in [3.05, 3.63) is 76.4 Å². The molecule has 1 aromatic carbocycles. The van der Waals surface area contributed by atoms with Crippen molar-refractivity contribution in [3.8, 4) is 0 Å². The van der Waals surface area contributed by atoms with Gasteiger partial charge in [-0.1, -0.05) is 6.07 Å². The first-order chi connectivity index (χ1) is 11.9. The van der Waals surface area contributed by atoms with E-state index < -0.39 is 11.8 Å². The molecule has 0 aliphatic rings. The number of hydrogen-bond acceptors (Lipinski definition) is 3. The monoisotopic (exact) mass is 339 g/mol. The smallest absolute Gasteiger partial charge is 0.340 e. The van der Waals surface area contributed by atoms with E-state index in [0.29, 0.717) is 22.3 Å². The largest absolute Gasteiger partial charge is 0.462 e. The van der Waals surface area contributed by atoms with E-state index in [1.807, 2.05) is 26.1 Å². The maximum Gasteiger partial charge on any atom is 0.340 e. The van der Waals surface area contributed by atoms with E-state index in [1.165, 1.54) is 24.3 Å². The summed E-state index contributed by atoms with van der Waals surface area (Å²) in [4.78, 5) is 25.2. The molecule has 4 nitrogen and oxygen atoms in total. The summed E-state index contributed by atoms with van der Waals surface area (Å²) in [6, 6.07) is 8.85. The molecule has 0 bridgehead atoms. The van der Waals surface area contributed by atoms with Crippen molar-refractivity contribution in [3.63, 3.8) is 0 Å². The molecule has 0 aliphatic heterocycles. The number of halogens is 1. The van der Waals surface area contributed by atoms with E-state index in [2.05, 4.69) is 0 Å². The lowest BCUT2D eigenvalue weighted by molar-refractivity contribution is 0.0528. The summed E-state index contributed by atoms with van der Waals surface area (Å²) in [5.74, 6) is -1.16. The summed E-state index contributed by atoms with van der Waals surface area (Å²) in [7, 11) is 0. The molecule has 0 radical (unpaired) electrons. The summed E-state index contributed by atoms with van der Waals surface area (Å²) in [5, 5.41) is 0. The minimum absolute atomic E-state index is 0.252. The summed E-state index contributed by atoms with van der Waals surface area (Å²) in [6.45, 7) is 5.79. The van der Waals surface area contributed by atoms with Crippen LogP contribution in [0.25, 0.3) is 5.52 Å². The van der Waals surface area contributed by atoms with Gasteiger partial charge < -0.3 is 9.14 Å². The predicted molar refractivity (Wildman–Crippen MR) is 92.7 cm³/mol. The fourth-order valence-electron chi connectivity index (χ4n) is 3.00. The lowest BCUT2D eigenvalue weighted by Crippen LogP contribution is -2.06. The highest BCUT2D eigenvalue weighted by molar-refractivity contribution is 6.11. The highest BCUT2D eigenvalue weighted by Crippen LogP contribution is 2.25. The van der Waals surface area contributed by atoms with Crippen LogP contribution in [0.1, 0.15) is 44.5 Å². The fourth-order valence-corrected chi connectivity index (χ4v) is 3.00. The SMILES string of the molecule is CCOC(=O)c1cc(C(=O)c2ccc(F)cc2)n2cc(C)cc(C)c12. The highest BCUT2D eigenvalue weighted by Gasteiger charge is 2.22. The van der Waals surface area contributed by atoms with Gasteiger partial charge in [-0.05, 0) is 62.2 Å². The van der Waals surface area contributed by atoms with Crippen molar-refractivity contribution >= 4 is 17.3 Å². The van der Waals surface area contributed by atoms with E-state index in [1.54, 1.807) is 17.4 Å². The molecule has 0 saturated carbocycles. The van der Waals surface area contributed by atoms with Crippen molar-refractivity contribution in [2.24, 2.45) is 0 Å². The van der Waals surface area contributed by atoms with Crippen molar-refractivity contribution in [1.82, 2.24) is 4.40 Å². The van der Waals surface area contributed by atoms with Gasteiger partial charge >= 0.3 is 5.97 Å². The van der Waals surface area contributed by atoms with Gasteiger partial charge in [0.25, 0.3) is 0 Å². The molecule has 0 fully saturated rings. The Morgan fingerprint density at radius 1 is 1.12 bits per heavy atom. The van der Waals surface area contributed by atoms with Gasteiger partial charge in [0.05, 0.1) is 23.4 Å². The lowest BCUT2D eigenvalue weighted by atomic mass is 10.1. The average Bonchev–Trinajstić information content (AvgIpc) is 2.95. The number of rotatable bonds is 4. The second kappa shape index (κ2) is 6.51. The van der Waals surface area contributed by atoms with Gasteiger partial charge in [0.1, 0.15) is 5.82 Å². The first-order valence-electron chi connectivity index (χ1n) is 8.02. The minimum Gasteiger partial charge on any atom is -0.462 e. The van der Waals surface area contributed by atoms with Crippen LogP contribution in [0.5, 0.6) is 0 Å². The summed E-state index contributed by atoms with van der Waals surface area (Å²) in [6.07, 6.45) is 1.81. The number of aromatic nitrogens is 1. The van der Waals surface area contributed by atoms with Crippen molar-refractivity contribution in [2.75, 3.05) is 6.61 Å². The van der Waals surface area contributed by atoms with Gasteiger partial charge in [0, 0.05) is 11.8 Å². The van der Waals surface area contributed by atoms with Crippen molar-refractivity contribution in [2.45, 2.75) is 20.8 Å². The molecule has 2 heterocycles. The van der Waals surface area contributed by atoms with E-state index in [-0.39, 0.29) is 12.4 Å². The standard InChI is InChI=1S/C20H18FNO3/c1-4-25-20(24)16-10-17(19(23)14-5-7-15(21)8-6-14)22-11-12(2)9-13(3)18(16)22/h5-11H,4H2,1-3H3. The van der Waals surface area contributed by atoms with Crippen LogP contribution in [0.3, 0.4) is 0 Å². The van der Waals surface area contributed by atoms with E-state index >= 15 is 0 Å². The lowest BCUT2D eigenvalue weighted by Gasteiger charge is -2.07.